The van der Waals surface area contributed by atoms with E-state index in [-0.39, 0.29) is 50.2 Å². The fraction of sp³-hybridized carbons (Fsp3) is 0.565. The van der Waals surface area contributed by atoms with Crippen molar-refractivity contribution >= 4 is 11.4 Å². The van der Waals surface area contributed by atoms with E-state index in [9.17, 15) is 15.0 Å². The average molecular weight is 446 g/mol. The first-order valence-corrected chi connectivity index (χ1v) is 10.1. The molecule has 3 nitrogen and oxygen atoms in total. The predicted octanol–water partition coefficient (Wildman–Crippen LogP) is 5.94. The number of aliphatic hydroxyl groups excluding tert-OH is 2. The zero-order chi connectivity index (χ0) is 18.9. The van der Waals surface area contributed by atoms with Crippen LogP contribution in [0.2, 0.25) is 0 Å². The number of benzene rings is 1. The molecule has 1 aliphatic rings. The third kappa shape index (κ3) is 7.11. The minimum Gasteiger partial charge on any atom is -0.504 e. The van der Waals surface area contributed by atoms with Gasteiger partial charge in [-0.2, -0.15) is 6.42 Å². The van der Waals surface area contributed by atoms with Gasteiger partial charge in [0.15, 0.2) is 11.5 Å². The first-order chi connectivity index (χ1) is 12.6. The van der Waals surface area contributed by atoms with Crippen LogP contribution in [0.3, 0.4) is 0 Å². The number of carbonyl (C=O) groups excluding carboxylic acids is 1. The van der Waals surface area contributed by atoms with Gasteiger partial charge in [0, 0.05) is 44.7 Å². The van der Waals surface area contributed by atoms with E-state index >= 15 is 0 Å². The Bertz CT molecular complexity index is 607. The number of Topliss-reactive ketones (excluding diaryl/α,β-unsaturated/α-hetero) is 1. The molecule has 0 fully saturated rings. The predicted molar refractivity (Wildman–Crippen MR) is 107 cm³/mol. The largest absolute Gasteiger partial charge is 0.504 e. The zero-order valence-electron chi connectivity index (χ0n) is 16.6. The van der Waals surface area contributed by atoms with E-state index < -0.39 is 6.10 Å². The van der Waals surface area contributed by atoms with Gasteiger partial charge in [0.05, 0.1) is 6.10 Å². The molecule has 0 saturated carbocycles. The fourth-order valence-corrected chi connectivity index (χ4v) is 3.77. The minimum absolute atomic E-state index is 0. The Balaban J connectivity index is 0.00000364. The zero-order valence-corrected chi connectivity index (χ0v) is 19.5. The van der Waals surface area contributed by atoms with Gasteiger partial charge in [0.2, 0.25) is 0 Å². The van der Waals surface area contributed by atoms with Crippen LogP contribution in [0.4, 0.5) is 0 Å². The number of ketones is 1. The molecule has 0 aromatic heterocycles. The van der Waals surface area contributed by atoms with Crippen molar-refractivity contribution in [3.05, 3.63) is 48.1 Å². The molecule has 1 aromatic carbocycles. The van der Waals surface area contributed by atoms with Crippen molar-refractivity contribution in [3.63, 3.8) is 0 Å². The molecule has 2 N–H and O–H groups in total. The van der Waals surface area contributed by atoms with Crippen LogP contribution < -0.4 is 0 Å². The summed E-state index contributed by atoms with van der Waals surface area (Å²) in [5, 5.41) is 20.6. The first-order valence-electron chi connectivity index (χ1n) is 10.1. The molecule has 2 atom stereocenters. The van der Waals surface area contributed by atoms with E-state index in [2.05, 4.69) is 13.8 Å². The molecule has 2 rings (SSSR count). The third-order valence-electron chi connectivity index (χ3n) is 5.35. The van der Waals surface area contributed by atoms with Gasteiger partial charge in [0.1, 0.15) is 0 Å². The summed E-state index contributed by atoms with van der Waals surface area (Å²) < 4.78 is 0. The van der Waals surface area contributed by atoms with Crippen LogP contribution in [-0.2, 0) is 37.5 Å². The molecule has 147 valence electrons. The maximum atomic E-state index is 12.0. The molecule has 0 aliphatic heterocycles. The van der Waals surface area contributed by atoms with Gasteiger partial charge in [-0.1, -0.05) is 69.7 Å². The van der Waals surface area contributed by atoms with E-state index in [1.165, 1.54) is 0 Å². The Morgan fingerprint density at radius 2 is 1.81 bits per heavy atom. The van der Waals surface area contributed by atoms with Crippen molar-refractivity contribution < 1.29 is 47.7 Å². The molecule has 1 aliphatic carbocycles. The molecule has 1 aromatic rings. The van der Waals surface area contributed by atoms with Crippen molar-refractivity contribution in [2.24, 2.45) is 5.92 Å². The average Bonchev–Trinajstić information content (AvgIpc) is 2.93. The molecular weight excluding hydrogens is 413 g/mol. The standard InChI is InChI=1S/C23H33O3.Y/c1-3-5-7-9-10-19-16-21(25)23(26)22(19)18-14-12-17(13-15-18)20(24)11-8-6-4-2;/h12-15,19-20,24,26H,1,3-11,16H2,2H3;/q-1;/t19-,20?;/m0./s1. The molecule has 0 bridgehead atoms. The Morgan fingerprint density at radius 1 is 1.11 bits per heavy atom. The SMILES string of the molecule is [CH2-]CCCCC[C@H]1CC(=O)C(O)=C1c1ccc(C(O)CCCCC)cc1.[Y]. The Morgan fingerprint density at radius 3 is 2.44 bits per heavy atom. The molecular formula is C23H33O3Y-. The van der Waals surface area contributed by atoms with Crippen LogP contribution >= 0.6 is 0 Å². The summed E-state index contributed by atoms with van der Waals surface area (Å²) in [5.74, 6) is -0.109. The Hall–Kier alpha value is -0.506. The summed E-state index contributed by atoms with van der Waals surface area (Å²) in [7, 11) is 0. The van der Waals surface area contributed by atoms with E-state index in [0.717, 1.165) is 74.5 Å². The summed E-state index contributed by atoms with van der Waals surface area (Å²) in [6.45, 7) is 6.02. The summed E-state index contributed by atoms with van der Waals surface area (Å²) >= 11 is 0. The molecule has 1 unspecified atom stereocenters. The van der Waals surface area contributed by atoms with Crippen LogP contribution in [0.5, 0.6) is 0 Å². The van der Waals surface area contributed by atoms with Gasteiger partial charge >= 0.3 is 0 Å². The second-order valence-electron chi connectivity index (χ2n) is 7.42. The summed E-state index contributed by atoms with van der Waals surface area (Å²) in [5.41, 5.74) is 2.60. The molecule has 1 radical (unpaired) electrons. The van der Waals surface area contributed by atoms with Crippen LogP contribution in [-0.4, -0.2) is 16.0 Å². The van der Waals surface area contributed by atoms with Crippen LogP contribution in [0.15, 0.2) is 30.0 Å². The summed E-state index contributed by atoms with van der Waals surface area (Å²) in [4.78, 5) is 12.0. The van der Waals surface area contributed by atoms with Gasteiger partial charge in [-0.05, 0) is 29.9 Å². The smallest absolute Gasteiger partial charge is 0.198 e. The number of hydrogen-bond acceptors (Lipinski definition) is 3. The van der Waals surface area contributed by atoms with E-state index in [4.69, 9.17) is 0 Å². The topological polar surface area (TPSA) is 57.5 Å². The van der Waals surface area contributed by atoms with Gasteiger partial charge in [-0.25, -0.2) is 0 Å². The second-order valence-corrected chi connectivity index (χ2v) is 7.42. The molecule has 27 heavy (non-hydrogen) atoms. The maximum absolute atomic E-state index is 12.0. The number of allylic oxidation sites excluding steroid dienone is 2. The molecule has 0 amide bonds. The quantitative estimate of drug-likeness (QED) is 0.327. The first kappa shape index (κ1) is 24.5. The summed E-state index contributed by atoms with van der Waals surface area (Å²) in [6, 6.07) is 7.72. The van der Waals surface area contributed by atoms with Crippen LogP contribution in [0, 0.1) is 12.8 Å². The number of unbranched alkanes of at least 4 members (excludes halogenated alkanes) is 5. The van der Waals surface area contributed by atoms with Gasteiger partial charge in [0.25, 0.3) is 0 Å². The van der Waals surface area contributed by atoms with Crippen molar-refractivity contribution in [3.8, 4) is 0 Å². The summed E-state index contributed by atoms with van der Waals surface area (Å²) in [6.07, 6.45) is 9.18. The Kier molecular flexibility index (Phi) is 11.7. The van der Waals surface area contributed by atoms with Gasteiger partial charge < -0.3 is 17.1 Å². The van der Waals surface area contributed by atoms with Crippen LogP contribution in [0.25, 0.3) is 5.57 Å². The number of carbonyl (C=O) groups is 1. The number of aliphatic hydroxyl groups is 2. The molecule has 4 heteroatoms. The van der Waals surface area contributed by atoms with Gasteiger partial charge in [-0.15, -0.1) is 0 Å². The van der Waals surface area contributed by atoms with Crippen molar-refractivity contribution in [1.82, 2.24) is 0 Å². The Labute approximate surface area is 189 Å². The molecule has 0 heterocycles. The third-order valence-corrected chi connectivity index (χ3v) is 5.35. The van der Waals surface area contributed by atoms with Crippen LogP contribution in [0.1, 0.15) is 88.4 Å². The fourth-order valence-electron chi connectivity index (χ4n) is 3.77. The normalized spacial score (nSPS) is 17.9. The molecule has 0 spiro atoms. The number of hydrogen-bond donors (Lipinski definition) is 2. The maximum Gasteiger partial charge on any atom is 0.198 e. The van der Waals surface area contributed by atoms with Crippen molar-refractivity contribution in [2.75, 3.05) is 0 Å². The molecule has 0 saturated heterocycles. The second kappa shape index (κ2) is 12.9. The van der Waals surface area contributed by atoms with Gasteiger partial charge in [-0.3, -0.25) is 4.79 Å². The monoisotopic (exact) mass is 446 g/mol. The minimum atomic E-state index is -0.443. The van der Waals surface area contributed by atoms with Crippen molar-refractivity contribution in [2.45, 2.75) is 77.2 Å². The van der Waals surface area contributed by atoms with E-state index in [1.54, 1.807) is 0 Å². The van der Waals surface area contributed by atoms with E-state index in [1.807, 2.05) is 24.3 Å². The van der Waals surface area contributed by atoms with Crippen molar-refractivity contribution in [1.29, 1.82) is 0 Å². The number of rotatable bonds is 11. The van der Waals surface area contributed by atoms with E-state index in [0.29, 0.717) is 6.42 Å².